The number of carbonyl (C=O) groups is 2. The summed E-state index contributed by atoms with van der Waals surface area (Å²) in [4.78, 5) is 22.2. The van der Waals surface area contributed by atoms with E-state index < -0.39 is 5.97 Å². The van der Waals surface area contributed by atoms with Crippen LogP contribution in [0.2, 0.25) is 0 Å². The van der Waals surface area contributed by atoms with Crippen molar-refractivity contribution in [3.63, 3.8) is 0 Å². The summed E-state index contributed by atoms with van der Waals surface area (Å²) in [6, 6.07) is 3.15. The van der Waals surface area contributed by atoms with Crippen LogP contribution in [0.1, 0.15) is 10.5 Å². The Morgan fingerprint density at radius 2 is 2.16 bits per heavy atom. The zero-order valence-electron chi connectivity index (χ0n) is 10.1. The fourth-order valence-electron chi connectivity index (χ4n) is 1.51. The minimum Gasteiger partial charge on any atom is -0.476 e. The van der Waals surface area contributed by atoms with E-state index in [0.717, 1.165) is 0 Å². The number of aromatic carboxylic acids is 1. The number of carboxylic acid groups (broad SMARTS) is 1. The van der Waals surface area contributed by atoms with E-state index in [0.29, 0.717) is 13.1 Å². The van der Waals surface area contributed by atoms with Crippen LogP contribution in [0.25, 0.3) is 0 Å². The van der Waals surface area contributed by atoms with Gasteiger partial charge in [-0.1, -0.05) is 0 Å². The monoisotopic (exact) mass is 263 g/mol. The first-order valence-corrected chi connectivity index (χ1v) is 5.66. The minimum atomic E-state index is -1.11. The van der Waals surface area contributed by atoms with E-state index in [1.165, 1.54) is 16.9 Å². The Hall–Kier alpha value is -2.64. The number of rotatable bonds is 6. The van der Waals surface area contributed by atoms with Crippen molar-refractivity contribution in [2.24, 2.45) is 0 Å². The van der Waals surface area contributed by atoms with Gasteiger partial charge < -0.3 is 10.4 Å². The molecule has 0 aromatic carbocycles. The van der Waals surface area contributed by atoms with Gasteiger partial charge in [-0.3, -0.25) is 14.2 Å². The number of carboxylic acids is 1. The van der Waals surface area contributed by atoms with Crippen molar-refractivity contribution in [3.05, 3.63) is 36.4 Å². The number of nitrogens with one attached hydrogen (secondary N) is 1. The van der Waals surface area contributed by atoms with Crippen molar-refractivity contribution >= 4 is 11.9 Å². The molecular formula is C11H13N5O3. The van der Waals surface area contributed by atoms with Crippen molar-refractivity contribution in [1.29, 1.82) is 0 Å². The number of nitrogens with zero attached hydrogens (tertiary/aromatic N) is 4. The highest BCUT2D eigenvalue weighted by Crippen LogP contribution is 1.95. The second kappa shape index (κ2) is 5.80. The summed E-state index contributed by atoms with van der Waals surface area (Å²) in [5.41, 5.74) is -0.0793. The summed E-state index contributed by atoms with van der Waals surface area (Å²) in [5.74, 6) is -1.34. The lowest BCUT2D eigenvalue weighted by Crippen LogP contribution is -2.30. The fraction of sp³-hybridized carbons (Fsp3) is 0.273. The Kier molecular flexibility index (Phi) is 3.91. The first kappa shape index (κ1) is 12.8. The van der Waals surface area contributed by atoms with Crippen LogP contribution in [0.3, 0.4) is 0 Å². The lowest BCUT2D eigenvalue weighted by atomic mass is 10.4. The molecule has 0 aliphatic heterocycles. The number of amides is 1. The van der Waals surface area contributed by atoms with Gasteiger partial charge in [0.05, 0.1) is 6.54 Å². The van der Waals surface area contributed by atoms with E-state index in [1.54, 1.807) is 23.1 Å². The van der Waals surface area contributed by atoms with Crippen molar-refractivity contribution < 1.29 is 14.7 Å². The molecule has 0 bridgehead atoms. The summed E-state index contributed by atoms with van der Waals surface area (Å²) in [6.07, 6.45) is 4.92. The van der Waals surface area contributed by atoms with Gasteiger partial charge in [0.25, 0.3) is 0 Å². The van der Waals surface area contributed by atoms with Gasteiger partial charge >= 0.3 is 5.97 Å². The Bertz CT molecular complexity index is 561. The predicted molar refractivity (Wildman–Crippen MR) is 64.4 cm³/mol. The molecule has 1 amide bonds. The standard InChI is InChI=1S/C11H13N5O3/c17-10(12-4-7-15-5-1-3-13-15)8-16-6-2-9(14-16)11(18)19/h1-3,5-6H,4,7-8H2,(H,12,17)(H,18,19). The molecule has 0 spiro atoms. The molecule has 2 aromatic rings. The van der Waals surface area contributed by atoms with Gasteiger partial charge in [0.1, 0.15) is 6.54 Å². The number of carbonyl (C=O) groups excluding carboxylic acids is 1. The fourth-order valence-corrected chi connectivity index (χ4v) is 1.51. The molecule has 19 heavy (non-hydrogen) atoms. The van der Waals surface area contributed by atoms with E-state index in [1.807, 2.05) is 0 Å². The smallest absolute Gasteiger partial charge is 0.356 e. The van der Waals surface area contributed by atoms with Crippen LogP contribution >= 0.6 is 0 Å². The molecule has 0 aliphatic rings. The third-order valence-electron chi connectivity index (χ3n) is 2.39. The van der Waals surface area contributed by atoms with Gasteiger partial charge in [0.2, 0.25) is 5.91 Å². The van der Waals surface area contributed by atoms with Gasteiger partial charge in [0, 0.05) is 25.1 Å². The summed E-state index contributed by atoms with van der Waals surface area (Å²) in [7, 11) is 0. The normalized spacial score (nSPS) is 10.3. The highest BCUT2D eigenvalue weighted by molar-refractivity contribution is 5.85. The molecule has 0 saturated heterocycles. The van der Waals surface area contributed by atoms with Crippen LogP contribution in [-0.4, -0.2) is 43.1 Å². The summed E-state index contributed by atoms with van der Waals surface area (Å²) >= 11 is 0. The summed E-state index contributed by atoms with van der Waals surface area (Å²) in [6.45, 7) is 1.03. The molecule has 2 N–H and O–H groups in total. The third-order valence-corrected chi connectivity index (χ3v) is 2.39. The zero-order chi connectivity index (χ0) is 13.7. The van der Waals surface area contributed by atoms with Crippen LogP contribution < -0.4 is 5.32 Å². The predicted octanol–water partition coefficient (Wildman–Crippen LogP) is -0.406. The highest BCUT2D eigenvalue weighted by Gasteiger charge is 2.08. The Morgan fingerprint density at radius 3 is 2.79 bits per heavy atom. The van der Waals surface area contributed by atoms with Gasteiger partial charge in [0.15, 0.2) is 5.69 Å². The van der Waals surface area contributed by atoms with Crippen molar-refractivity contribution in [3.8, 4) is 0 Å². The number of aromatic nitrogens is 4. The van der Waals surface area contributed by atoms with E-state index >= 15 is 0 Å². The SMILES string of the molecule is O=C(Cn1ccc(C(=O)O)n1)NCCn1cccn1. The molecule has 2 heterocycles. The Balaban J connectivity index is 1.75. The molecule has 0 unspecified atom stereocenters. The van der Waals surface area contributed by atoms with Gasteiger partial charge in [-0.05, 0) is 12.1 Å². The molecule has 2 aromatic heterocycles. The molecule has 0 saturated carbocycles. The topological polar surface area (TPSA) is 102 Å². The lowest BCUT2D eigenvalue weighted by Gasteiger charge is -2.05. The lowest BCUT2D eigenvalue weighted by molar-refractivity contribution is -0.121. The molecule has 2 rings (SSSR count). The minimum absolute atomic E-state index is 0.00755. The molecule has 100 valence electrons. The Morgan fingerprint density at radius 1 is 1.32 bits per heavy atom. The summed E-state index contributed by atoms with van der Waals surface area (Å²) in [5, 5.41) is 19.1. The largest absolute Gasteiger partial charge is 0.476 e. The van der Waals surface area contributed by atoms with Crippen molar-refractivity contribution in [2.75, 3.05) is 6.54 Å². The van der Waals surface area contributed by atoms with E-state index in [4.69, 9.17) is 5.11 Å². The van der Waals surface area contributed by atoms with Crippen LogP contribution in [0.5, 0.6) is 0 Å². The molecule has 0 atom stereocenters. The number of hydrogen-bond donors (Lipinski definition) is 2. The molecule has 0 radical (unpaired) electrons. The highest BCUT2D eigenvalue weighted by atomic mass is 16.4. The van der Waals surface area contributed by atoms with E-state index in [-0.39, 0.29) is 18.1 Å². The van der Waals surface area contributed by atoms with E-state index in [2.05, 4.69) is 15.5 Å². The quantitative estimate of drug-likeness (QED) is 0.738. The maximum atomic E-state index is 11.6. The zero-order valence-corrected chi connectivity index (χ0v) is 10.1. The average Bonchev–Trinajstić information content (AvgIpc) is 3.00. The second-order valence-electron chi connectivity index (χ2n) is 3.82. The molecular weight excluding hydrogens is 250 g/mol. The second-order valence-corrected chi connectivity index (χ2v) is 3.82. The molecule has 0 fully saturated rings. The third kappa shape index (κ3) is 3.66. The Labute approximate surface area is 108 Å². The molecule has 0 aliphatic carbocycles. The first-order valence-electron chi connectivity index (χ1n) is 5.66. The van der Waals surface area contributed by atoms with E-state index in [9.17, 15) is 9.59 Å². The van der Waals surface area contributed by atoms with Gasteiger partial charge in [-0.2, -0.15) is 10.2 Å². The van der Waals surface area contributed by atoms with Crippen molar-refractivity contribution in [2.45, 2.75) is 13.1 Å². The molecule has 8 heteroatoms. The van der Waals surface area contributed by atoms with Gasteiger partial charge in [-0.15, -0.1) is 0 Å². The van der Waals surface area contributed by atoms with Crippen LogP contribution in [0.4, 0.5) is 0 Å². The molecule has 8 nitrogen and oxygen atoms in total. The summed E-state index contributed by atoms with van der Waals surface area (Å²) < 4.78 is 2.99. The number of hydrogen-bond acceptors (Lipinski definition) is 4. The van der Waals surface area contributed by atoms with Gasteiger partial charge in [-0.25, -0.2) is 4.79 Å². The maximum absolute atomic E-state index is 11.6. The van der Waals surface area contributed by atoms with Crippen LogP contribution in [-0.2, 0) is 17.9 Å². The average molecular weight is 263 g/mol. The first-order chi connectivity index (χ1) is 9.15. The van der Waals surface area contributed by atoms with Crippen molar-refractivity contribution in [1.82, 2.24) is 24.9 Å². The maximum Gasteiger partial charge on any atom is 0.356 e. The van der Waals surface area contributed by atoms with Crippen LogP contribution in [0, 0.1) is 0 Å². The van der Waals surface area contributed by atoms with Crippen LogP contribution in [0.15, 0.2) is 30.7 Å².